The fourth-order valence-electron chi connectivity index (χ4n) is 2.11. The maximum atomic E-state index is 11.8. The number of amides is 1. The molecule has 5 nitrogen and oxygen atoms in total. The van der Waals surface area contributed by atoms with Crippen molar-refractivity contribution >= 4 is 5.91 Å². The van der Waals surface area contributed by atoms with E-state index in [1.807, 2.05) is 4.90 Å². The highest BCUT2D eigenvalue weighted by molar-refractivity contribution is 5.78. The zero-order valence-corrected chi connectivity index (χ0v) is 10.5. The van der Waals surface area contributed by atoms with Gasteiger partial charge in [0.05, 0.1) is 6.61 Å². The van der Waals surface area contributed by atoms with Crippen molar-refractivity contribution in [3.8, 4) is 0 Å². The van der Waals surface area contributed by atoms with Crippen LogP contribution >= 0.6 is 0 Å². The van der Waals surface area contributed by atoms with Gasteiger partial charge in [-0.3, -0.25) is 4.79 Å². The van der Waals surface area contributed by atoms with Crippen molar-refractivity contribution < 1.29 is 27.8 Å². The third-order valence-electron chi connectivity index (χ3n) is 3.19. The summed E-state index contributed by atoms with van der Waals surface area (Å²) < 4.78 is 40.0. The molecule has 1 aliphatic rings. The maximum Gasteiger partial charge on any atom is 0.411 e. The molecule has 1 rings (SSSR count). The first-order chi connectivity index (χ1) is 8.79. The van der Waals surface area contributed by atoms with Crippen LogP contribution in [0.15, 0.2) is 0 Å². The highest BCUT2D eigenvalue weighted by atomic mass is 19.4. The van der Waals surface area contributed by atoms with E-state index in [0.29, 0.717) is 32.5 Å². The average molecular weight is 284 g/mol. The van der Waals surface area contributed by atoms with Crippen LogP contribution in [0.25, 0.3) is 0 Å². The fraction of sp³-hybridized carbons (Fsp3) is 0.909. The predicted octanol–water partition coefficient (Wildman–Crippen LogP) is 0.123. The van der Waals surface area contributed by atoms with Crippen LogP contribution in [0.5, 0.6) is 0 Å². The summed E-state index contributed by atoms with van der Waals surface area (Å²) in [6.07, 6.45) is -4.23. The number of rotatable bonds is 6. The summed E-state index contributed by atoms with van der Waals surface area (Å²) in [5, 5.41) is 9.50. The molecule has 1 unspecified atom stereocenters. The van der Waals surface area contributed by atoms with E-state index in [4.69, 9.17) is 5.73 Å². The molecule has 1 amide bonds. The highest BCUT2D eigenvalue weighted by Gasteiger charge is 2.29. The smallest absolute Gasteiger partial charge is 0.383 e. The normalized spacial score (nSPS) is 20.4. The molecule has 1 heterocycles. The van der Waals surface area contributed by atoms with Crippen LogP contribution in [-0.2, 0) is 9.53 Å². The molecule has 0 bridgehead atoms. The number of aliphatic hydroxyl groups excluding tert-OH is 1. The van der Waals surface area contributed by atoms with Gasteiger partial charge in [0, 0.05) is 6.54 Å². The van der Waals surface area contributed by atoms with Crippen molar-refractivity contribution in [3.63, 3.8) is 0 Å². The second kappa shape index (κ2) is 7.06. The number of likely N-dealkylation sites (tertiary alicyclic amines) is 1. The standard InChI is InChI=1S/C11H19F3N2O3/c12-11(13,14)7-19-6-5-16-3-1-8(2-4-16)9(17)10(15)18/h8-9,17H,1-7H2,(H2,15,18). The second-order valence-corrected chi connectivity index (χ2v) is 4.69. The van der Waals surface area contributed by atoms with E-state index in [2.05, 4.69) is 4.74 Å². The van der Waals surface area contributed by atoms with Gasteiger partial charge in [-0.1, -0.05) is 0 Å². The van der Waals surface area contributed by atoms with Crippen LogP contribution < -0.4 is 5.73 Å². The quantitative estimate of drug-likeness (QED) is 0.680. The Morgan fingerprint density at radius 3 is 2.47 bits per heavy atom. The lowest BCUT2D eigenvalue weighted by Crippen LogP contribution is -2.43. The van der Waals surface area contributed by atoms with Crippen LogP contribution in [0.1, 0.15) is 12.8 Å². The first-order valence-corrected chi connectivity index (χ1v) is 6.14. The summed E-state index contributed by atoms with van der Waals surface area (Å²) in [4.78, 5) is 12.8. The summed E-state index contributed by atoms with van der Waals surface area (Å²) in [5.41, 5.74) is 5.01. The molecule has 8 heteroatoms. The van der Waals surface area contributed by atoms with Gasteiger partial charge in [-0.25, -0.2) is 0 Å². The molecule has 0 saturated carbocycles. The van der Waals surface area contributed by atoms with E-state index in [0.717, 1.165) is 0 Å². The number of carbonyl (C=O) groups is 1. The van der Waals surface area contributed by atoms with E-state index in [-0.39, 0.29) is 12.5 Å². The molecule has 1 fully saturated rings. The number of nitrogens with two attached hydrogens (primary N) is 1. The Hall–Kier alpha value is -0.860. The molecule has 0 aromatic carbocycles. The van der Waals surface area contributed by atoms with Crippen LogP contribution in [-0.4, -0.2) is 61.0 Å². The summed E-state index contributed by atoms with van der Waals surface area (Å²) in [6.45, 7) is 0.427. The van der Waals surface area contributed by atoms with Crippen LogP contribution in [0.2, 0.25) is 0 Å². The van der Waals surface area contributed by atoms with Crippen LogP contribution in [0.3, 0.4) is 0 Å². The molecule has 1 atom stereocenters. The van der Waals surface area contributed by atoms with E-state index in [9.17, 15) is 23.1 Å². The molecule has 0 aliphatic carbocycles. The number of ether oxygens (including phenoxy) is 1. The Morgan fingerprint density at radius 2 is 2.00 bits per heavy atom. The van der Waals surface area contributed by atoms with Crippen molar-refractivity contribution in [2.45, 2.75) is 25.1 Å². The van der Waals surface area contributed by atoms with Crippen molar-refractivity contribution in [1.29, 1.82) is 0 Å². The van der Waals surface area contributed by atoms with Gasteiger partial charge in [0.1, 0.15) is 12.7 Å². The van der Waals surface area contributed by atoms with Gasteiger partial charge in [0.2, 0.25) is 5.91 Å². The first-order valence-electron chi connectivity index (χ1n) is 6.14. The van der Waals surface area contributed by atoms with E-state index in [1.165, 1.54) is 0 Å². The Labute approximate surface area is 109 Å². The molecule has 0 spiro atoms. The minimum atomic E-state index is -4.29. The zero-order chi connectivity index (χ0) is 14.5. The van der Waals surface area contributed by atoms with E-state index < -0.39 is 24.8 Å². The molecule has 19 heavy (non-hydrogen) atoms. The van der Waals surface area contributed by atoms with Gasteiger partial charge in [-0.2, -0.15) is 13.2 Å². The lowest BCUT2D eigenvalue weighted by molar-refractivity contribution is -0.174. The van der Waals surface area contributed by atoms with Crippen molar-refractivity contribution in [2.24, 2.45) is 11.7 Å². The Morgan fingerprint density at radius 1 is 1.42 bits per heavy atom. The molecular weight excluding hydrogens is 265 g/mol. The number of primary amides is 1. The maximum absolute atomic E-state index is 11.8. The number of aliphatic hydroxyl groups is 1. The number of alkyl halides is 3. The highest BCUT2D eigenvalue weighted by Crippen LogP contribution is 2.20. The van der Waals surface area contributed by atoms with Crippen molar-refractivity contribution in [3.05, 3.63) is 0 Å². The topological polar surface area (TPSA) is 75.8 Å². The third-order valence-corrected chi connectivity index (χ3v) is 3.19. The largest absolute Gasteiger partial charge is 0.411 e. The van der Waals surface area contributed by atoms with Crippen molar-refractivity contribution in [2.75, 3.05) is 32.8 Å². The monoisotopic (exact) mass is 284 g/mol. The molecule has 0 radical (unpaired) electrons. The van der Waals surface area contributed by atoms with Crippen LogP contribution in [0.4, 0.5) is 13.2 Å². The third kappa shape index (κ3) is 6.22. The Bertz CT molecular complexity index is 291. The number of halogens is 3. The number of nitrogens with zero attached hydrogens (tertiary/aromatic N) is 1. The molecule has 112 valence electrons. The molecule has 1 aliphatic heterocycles. The van der Waals surface area contributed by atoms with Gasteiger partial charge in [0.25, 0.3) is 0 Å². The summed E-state index contributed by atoms with van der Waals surface area (Å²) in [6, 6.07) is 0. The first kappa shape index (κ1) is 16.2. The van der Waals surface area contributed by atoms with Gasteiger partial charge in [-0.15, -0.1) is 0 Å². The summed E-state index contributed by atoms with van der Waals surface area (Å²) >= 11 is 0. The average Bonchev–Trinajstić information content (AvgIpc) is 2.33. The van der Waals surface area contributed by atoms with E-state index in [1.54, 1.807) is 0 Å². The molecule has 0 aromatic heterocycles. The minimum Gasteiger partial charge on any atom is -0.383 e. The predicted molar refractivity (Wildman–Crippen MR) is 61.2 cm³/mol. The molecule has 1 saturated heterocycles. The SMILES string of the molecule is NC(=O)C(O)C1CCN(CCOCC(F)(F)F)CC1. The number of piperidine rings is 1. The molecule has 0 aromatic rings. The van der Waals surface area contributed by atoms with Crippen molar-refractivity contribution in [1.82, 2.24) is 4.90 Å². The van der Waals surface area contributed by atoms with Crippen LogP contribution in [0, 0.1) is 5.92 Å². The number of hydrogen-bond donors (Lipinski definition) is 2. The lowest BCUT2D eigenvalue weighted by atomic mass is 9.91. The number of hydrogen-bond acceptors (Lipinski definition) is 4. The lowest BCUT2D eigenvalue weighted by Gasteiger charge is -2.33. The Balaban J connectivity index is 2.15. The van der Waals surface area contributed by atoms with Gasteiger partial charge < -0.3 is 20.5 Å². The minimum absolute atomic E-state index is 0.0164. The molecular formula is C11H19F3N2O3. The zero-order valence-electron chi connectivity index (χ0n) is 10.5. The summed E-state index contributed by atoms with van der Waals surface area (Å²) in [5.74, 6) is -0.892. The Kier molecular flexibility index (Phi) is 6.02. The van der Waals surface area contributed by atoms with Gasteiger partial charge in [0.15, 0.2) is 0 Å². The molecule has 3 N–H and O–H groups in total. The second-order valence-electron chi connectivity index (χ2n) is 4.69. The van der Waals surface area contributed by atoms with Gasteiger partial charge >= 0.3 is 6.18 Å². The van der Waals surface area contributed by atoms with E-state index >= 15 is 0 Å². The van der Waals surface area contributed by atoms with Gasteiger partial charge in [-0.05, 0) is 31.8 Å². The summed E-state index contributed by atoms with van der Waals surface area (Å²) in [7, 11) is 0. The fourth-order valence-corrected chi connectivity index (χ4v) is 2.11. The number of carbonyl (C=O) groups excluding carboxylic acids is 1.